The minimum atomic E-state index is -0.686. The van der Waals surface area contributed by atoms with Crippen molar-refractivity contribution in [1.29, 1.82) is 0 Å². The lowest BCUT2D eigenvalue weighted by Crippen LogP contribution is -2.38. The first-order valence-electron chi connectivity index (χ1n) is 7.56. The van der Waals surface area contributed by atoms with Gasteiger partial charge in [-0.15, -0.1) is 0 Å². The monoisotopic (exact) mass is 327 g/mol. The molecule has 0 aromatic heterocycles. The van der Waals surface area contributed by atoms with Crippen molar-refractivity contribution in [1.82, 2.24) is 0 Å². The number of ether oxygens (including phenoxy) is 1. The first kappa shape index (κ1) is 15.9. The van der Waals surface area contributed by atoms with Crippen LogP contribution in [0.4, 0.5) is 11.4 Å². The molecule has 0 saturated carbocycles. The van der Waals surface area contributed by atoms with E-state index in [9.17, 15) is 14.9 Å². The molecule has 0 radical (unpaired) electrons. The zero-order valence-electron chi connectivity index (χ0n) is 12.9. The SMILES string of the molecule is NC(=O)c1ccc(N2CCOC(c3ccccc3)C2)c([N+](=O)[O-])c1. The zero-order chi connectivity index (χ0) is 17.1. The molecule has 2 N–H and O–H groups in total. The van der Waals surface area contributed by atoms with E-state index in [-0.39, 0.29) is 17.4 Å². The molecule has 0 aliphatic carbocycles. The Balaban J connectivity index is 1.90. The molecule has 2 aromatic carbocycles. The second-order valence-corrected chi connectivity index (χ2v) is 5.54. The largest absolute Gasteiger partial charge is 0.370 e. The van der Waals surface area contributed by atoms with Crippen LogP contribution in [0.3, 0.4) is 0 Å². The van der Waals surface area contributed by atoms with E-state index in [1.165, 1.54) is 12.1 Å². The number of rotatable bonds is 4. The van der Waals surface area contributed by atoms with E-state index in [1.54, 1.807) is 6.07 Å². The molecule has 1 saturated heterocycles. The molecule has 0 spiro atoms. The molecule has 1 aliphatic heterocycles. The molecule has 1 atom stereocenters. The highest BCUT2D eigenvalue weighted by Gasteiger charge is 2.27. The quantitative estimate of drug-likeness (QED) is 0.686. The van der Waals surface area contributed by atoms with Crippen LogP contribution in [-0.2, 0) is 4.74 Å². The molecule has 7 heteroatoms. The fourth-order valence-electron chi connectivity index (χ4n) is 2.83. The lowest BCUT2D eigenvalue weighted by atomic mass is 10.1. The molecule has 3 rings (SSSR count). The predicted octanol–water partition coefficient (Wildman–Crippen LogP) is 2.27. The number of anilines is 1. The lowest BCUT2D eigenvalue weighted by molar-refractivity contribution is -0.384. The fourth-order valence-corrected chi connectivity index (χ4v) is 2.83. The van der Waals surface area contributed by atoms with Crippen molar-refractivity contribution in [3.63, 3.8) is 0 Å². The highest BCUT2D eigenvalue weighted by atomic mass is 16.6. The van der Waals surface area contributed by atoms with Gasteiger partial charge in [-0.2, -0.15) is 0 Å². The minimum Gasteiger partial charge on any atom is -0.370 e. The number of morpholine rings is 1. The van der Waals surface area contributed by atoms with Crippen LogP contribution in [0.1, 0.15) is 22.0 Å². The van der Waals surface area contributed by atoms with E-state index >= 15 is 0 Å². The molecule has 7 nitrogen and oxygen atoms in total. The molecule has 24 heavy (non-hydrogen) atoms. The Bertz CT molecular complexity index is 764. The summed E-state index contributed by atoms with van der Waals surface area (Å²) in [6.07, 6.45) is -0.157. The van der Waals surface area contributed by atoms with Crippen molar-refractivity contribution in [2.75, 3.05) is 24.6 Å². The molecule has 124 valence electrons. The normalized spacial score (nSPS) is 17.5. The van der Waals surface area contributed by atoms with Crippen molar-refractivity contribution in [3.05, 3.63) is 69.8 Å². The second kappa shape index (κ2) is 6.67. The molecule has 1 amide bonds. The van der Waals surface area contributed by atoms with Crippen molar-refractivity contribution in [2.24, 2.45) is 5.73 Å². The average molecular weight is 327 g/mol. The Hall–Kier alpha value is -2.93. The van der Waals surface area contributed by atoms with Crippen LogP contribution in [-0.4, -0.2) is 30.5 Å². The van der Waals surface area contributed by atoms with Crippen LogP contribution in [0, 0.1) is 10.1 Å². The summed E-state index contributed by atoms with van der Waals surface area (Å²) in [7, 11) is 0. The van der Waals surface area contributed by atoms with Gasteiger partial charge in [-0.25, -0.2) is 0 Å². The van der Waals surface area contributed by atoms with Crippen LogP contribution in [0.5, 0.6) is 0 Å². The molecule has 1 unspecified atom stereocenters. The standard InChI is InChI=1S/C17H17N3O4/c18-17(21)13-6-7-14(15(10-13)20(22)23)19-8-9-24-16(11-19)12-4-2-1-3-5-12/h1-7,10,16H,8-9,11H2,(H2,18,21). The van der Waals surface area contributed by atoms with E-state index in [4.69, 9.17) is 10.5 Å². The highest BCUT2D eigenvalue weighted by molar-refractivity contribution is 5.94. The first-order chi connectivity index (χ1) is 11.6. The van der Waals surface area contributed by atoms with Gasteiger partial charge in [0.15, 0.2) is 0 Å². The maximum absolute atomic E-state index is 11.4. The fraction of sp³-hybridized carbons (Fsp3) is 0.235. The lowest BCUT2D eigenvalue weighted by Gasteiger charge is -2.34. The van der Waals surface area contributed by atoms with Gasteiger partial charge in [0.05, 0.1) is 11.5 Å². The second-order valence-electron chi connectivity index (χ2n) is 5.54. The molecule has 0 bridgehead atoms. The molecular weight excluding hydrogens is 310 g/mol. The van der Waals surface area contributed by atoms with Gasteiger partial charge in [0.1, 0.15) is 11.8 Å². The van der Waals surface area contributed by atoms with Gasteiger partial charge in [-0.3, -0.25) is 14.9 Å². The van der Waals surface area contributed by atoms with Gasteiger partial charge >= 0.3 is 0 Å². The Morgan fingerprint density at radius 1 is 1.25 bits per heavy atom. The number of hydrogen-bond donors (Lipinski definition) is 1. The summed E-state index contributed by atoms with van der Waals surface area (Å²) in [6.45, 7) is 1.51. The van der Waals surface area contributed by atoms with Crippen LogP contribution < -0.4 is 10.6 Å². The van der Waals surface area contributed by atoms with Gasteiger partial charge in [-0.05, 0) is 17.7 Å². The predicted molar refractivity (Wildman–Crippen MR) is 89.0 cm³/mol. The summed E-state index contributed by atoms with van der Waals surface area (Å²) in [4.78, 5) is 24.1. The average Bonchev–Trinajstić information content (AvgIpc) is 2.62. The molecular formula is C17H17N3O4. The Morgan fingerprint density at radius 3 is 2.67 bits per heavy atom. The highest BCUT2D eigenvalue weighted by Crippen LogP contribution is 2.33. The molecule has 2 aromatic rings. The number of hydrogen-bond acceptors (Lipinski definition) is 5. The summed E-state index contributed by atoms with van der Waals surface area (Å²) in [6, 6.07) is 14.0. The summed E-state index contributed by atoms with van der Waals surface area (Å²) in [5.74, 6) is -0.686. The molecule has 1 aliphatic rings. The van der Waals surface area contributed by atoms with Crippen molar-refractivity contribution in [2.45, 2.75) is 6.10 Å². The third-order valence-electron chi connectivity index (χ3n) is 4.04. The zero-order valence-corrected chi connectivity index (χ0v) is 12.9. The van der Waals surface area contributed by atoms with Gasteiger partial charge in [0.2, 0.25) is 5.91 Å². The van der Waals surface area contributed by atoms with Gasteiger partial charge in [0.25, 0.3) is 5.69 Å². The van der Waals surface area contributed by atoms with E-state index in [0.29, 0.717) is 25.4 Å². The number of nitrogens with two attached hydrogens (primary N) is 1. The maximum atomic E-state index is 11.4. The molecule has 1 fully saturated rings. The topological polar surface area (TPSA) is 98.7 Å². The smallest absolute Gasteiger partial charge is 0.293 e. The van der Waals surface area contributed by atoms with Crippen molar-refractivity contribution < 1.29 is 14.5 Å². The number of carbonyl (C=O) groups excluding carboxylic acids is 1. The maximum Gasteiger partial charge on any atom is 0.293 e. The van der Waals surface area contributed by atoms with E-state index in [1.807, 2.05) is 35.2 Å². The van der Waals surface area contributed by atoms with Crippen LogP contribution in [0.2, 0.25) is 0 Å². The minimum absolute atomic E-state index is 0.123. The third kappa shape index (κ3) is 3.21. The van der Waals surface area contributed by atoms with Crippen molar-refractivity contribution >= 4 is 17.3 Å². The summed E-state index contributed by atoms with van der Waals surface area (Å²) >= 11 is 0. The number of nitro groups is 1. The third-order valence-corrected chi connectivity index (χ3v) is 4.04. The summed E-state index contributed by atoms with van der Waals surface area (Å²) < 4.78 is 5.79. The Labute approximate surface area is 138 Å². The first-order valence-corrected chi connectivity index (χ1v) is 7.56. The summed E-state index contributed by atoms with van der Waals surface area (Å²) in [5, 5.41) is 11.4. The van der Waals surface area contributed by atoms with E-state index in [2.05, 4.69) is 0 Å². The molecule has 1 heterocycles. The van der Waals surface area contributed by atoms with E-state index in [0.717, 1.165) is 5.56 Å². The number of carbonyl (C=O) groups is 1. The number of nitrogens with zero attached hydrogens (tertiary/aromatic N) is 2. The number of amides is 1. The van der Waals surface area contributed by atoms with Gasteiger partial charge in [-0.1, -0.05) is 30.3 Å². The van der Waals surface area contributed by atoms with Crippen LogP contribution in [0.25, 0.3) is 0 Å². The Morgan fingerprint density at radius 2 is 2.00 bits per heavy atom. The Kier molecular flexibility index (Phi) is 4.43. The summed E-state index contributed by atoms with van der Waals surface area (Å²) in [5.41, 5.74) is 6.71. The van der Waals surface area contributed by atoms with E-state index < -0.39 is 10.8 Å². The number of nitro benzene ring substituents is 1. The number of primary amides is 1. The van der Waals surface area contributed by atoms with Gasteiger partial charge in [0, 0.05) is 24.7 Å². The van der Waals surface area contributed by atoms with Gasteiger partial charge < -0.3 is 15.4 Å². The van der Waals surface area contributed by atoms with Crippen LogP contribution in [0.15, 0.2) is 48.5 Å². The van der Waals surface area contributed by atoms with Crippen LogP contribution >= 0.6 is 0 Å². The van der Waals surface area contributed by atoms with Crippen molar-refractivity contribution in [3.8, 4) is 0 Å². The number of benzene rings is 2.